The van der Waals surface area contributed by atoms with E-state index in [4.69, 9.17) is 24.8 Å². The zero-order chi connectivity index (χ0) is 42.6. The third-order valence-corrected chi connectivity index (χ3v) is 9.58. The van der Waals surface area contributed by atoms with E-state index in [-0.39, 0.29) is 25.7 Å². The molecule has 0 aliphatic heterocycles. The molecule has 15 heteroatoms. The Morgan fingerprint density at radius 2 is 1.14 bits per heavy atom. The predicted octanol–water partition coefficient (Wildman–Crippen LogP) is 7.30. The summed E-state index contributed by atoms with van der Waals surface area (Å²) in [6, 6.07) is -1.57. The van der Waals surface area contributed by atoms with Crippen LogP contribution in [0, 0.1) is 0 Å². The molecular weight excluding hydrogens is 757 g/mol. The molecule has 0 bridgehead atoms. The van der Waals surface area contributed by atoms with Gasteiger partial charge in [0.2, 0.25) is 0 Å². The first kappa shape index (κ1) is 54.1. The van der Waals surface area contributed by atoms with Gasteiger partial charge in [-0.3, -0.25) is 23.4 Å². The summed E-state index contributed by atoms with van der Waals surface area (Å²) in [5, 5.41) is 38.6. The van der Waals surface area contributed by atoms with Gasteiger partial charge in [0.25, 0.3) is 0 Å². The average molecular weight is 830 g/mol. The minimum Gasteiger partial charge on any atom is -0.480 e. The Balaban J connectivity index is 4.71. The van der Waals surface area contributed by atoms with Gasteiger partial charge in [-0.2, -0.15) is 0 Å². The Morgan fingerprint density at radius 3 is 1.72 bits per heavy atom. The van der Waals surface area contributed by atoms with Gasteiger partial charge in [0.1, 0.15) is 12.6 Å². The summed E-state index contributed by atoms with van der Waals surface area (Å²) in [5.41, 5.74) is 5.30. The first-order chi connectivity index (χ1) is 27.3. The molecule has 0 aliphatic carbocycles. The van der Waals surface area contributed by atoms with Crippen molar-refractivity contribution in [1.29, 1.82) is 0 Å². The fourth-order valence-corrected chi connectivity index (χ4v) is 5.91. The molecule has 6 unspecified atom stereocenters. The van der Waals surface area contributed by atoms with Crippen LogP contribution < -0.4 is 5.73 Å². The van der Waals surface area contributed by atoms with Gasteiger partial charge in [0.05, 0.1) is 31.5 Å². The highest BCUT2D eigenvalue weighted by Gasteiger charge is 2.28. The van der Waals surface area contributed by atoms with Gasteiger partial charge >= 0.3 is 25.7 Å². The zero-order valence-corrected chi connectivity index (χ0v) is 35.1. The lowest BCUT2D eigenvalue weighted by Crippen LogP contribution is -2.34. The van der Waals surface area contributed by atoms with Gasteiger partial charge in [0, 0.05) is 12.8 Å². The largest absolute Gasteiger partial charge is 0.480 e. The van der Waals surface area contributed by atoms with E-state index < -0.39 is 76.0 Å². The number of carbonyl (C=O) groups excluding carboxylic acids is 2. The summed E-state index contributed by atoms with van der Waals surface area (Å²) in [5.74, 6) is -2.69. The number of hydrogen-bond donors (Lipinski definition) is 6. The SMILES string of the molecule is CCCCCCCCCCCCCCCC(=O)OCC(COP(=O)(O)OCC(N)C(=O)O)OC(=O)CCCC(O)/C=C/C=C\C=C\C(O)C/C=C\C=C\C(O)CC. The standard InChI is InChI=1S/C42H72NO13P/c1-3-5-6-7-8-9-10-11-12-13-14-15-23-30-40(47)53-32-38(33-54-57(51,52)55-34-39(43)42(49)50)56-41(48)31-24-29-37(46)27-20-17-16-19-26-36(45)28-22-18-21-25-35(44)4-2/h16-22,25-27,35-39,44-46H,3-15,23-24,28-34,43H2,1-2H3,(H,49,50)(H,51,52)/b17-16-,22-18-,25-21+,26-19+,27-20+. The van der Waals surface area contributed by atoms with Gasteiger partial charge < -0.3 is 40.5 Å². The Morgan fingerprint density at radius 1 is 0.632 bits per heavy atom. The molecule has 57 heavy (non-hydrogen) atoms. The average Bonchev–Trinajstić information content (AvgIpc) is 3.17. The Hall–Kier alpha value is -2.94. The van der Waals surface area contributed by atoms with Crippen LogP contribution in [-0.2, 0) is 37.5 Å². The van der Waals surface area contributed by atoms with Crippen molar-refractivity contribution in [3.05, 3.63) is 60.8 Å². The van der Waals surface area contributed by atoms with Crippen LogP contribution in [0.15, 0.2) is 60.8 Å². The van der Waals surface area contributed by atoms with Crippen molar-refractivity contribution in [1.82, 2.24) is 0 Å². The number of unbranched alkanes of at least 4 members (excludes halogenated alkanes) is 12. The van der Waals surface area contributed by atoms with E-state index in [1.54, 1.807) is 54.7 Å². The smallest absolute Gasteiger partial charge is 0.472 e. The highest BCUT2D eigenvalue weighted by atomic mass is 31.2. The van der Waals surface area contributed by atoms with Crippen molar-refractivity contribution in [3.63, 3.8) is 0 Å². The van der Waals surface area contributed by atoms with E-state index in [0.717, 1.165) is 19.3 Å². The molecular formula is C42H72NO13P. The van der Waals surface area contributed by atoms with Crippen molar-refractivity contribution < 1.29 is 62.8 Å². The lowest BCUT2D eigenvalue weighted by Gasteiger charge is -2.20. The van der Waals surface area contributed by atoms with Gasteiger partial charge in [-0.25, -0.2) is 4.57 Å². The fourth-order valence-electron chi connectivity index (χ4n) is 5.14. The second-order valence-electron chi connectivity index (χ2n) is 14.0. The number of allylic oxidation sites excluding steroid dienone is 6. The van der Waals surface area contributed by atoms with Crippen LogP contribution >= 0.6 is 7.82 Å². The highest BCUT2D eigenvalue weighted by Crippen LogP contribution is 2.43. The molecule has 0 saturated carbocycles. The molecule has 7 N–H and O–H groups in total. The second kappa shape index (κ2) is 36.2. The van der Waals surface area contributed by atoms with Crippen molar-refractivity contribution >= 4 is 25.7 Å². The van der Waals surface area contributed by atoms with E-state index in [2.05, 4.69) is 11.4 Å². The number of phosphoric acid groups is 1. The molecule has 0 spiro atoms. The van der Waals surface area contributed by atoms with Crippen LogP contribution in [0.5, 0.6) is 0 Å². The summed E-state index contributed by atoms with van der Waals surface area (Å²) in [4.78, 5) is 45.9. The normalized spacial score (nSPS) is 16.1. The lowest BCUT2D eigenvalue weighted by molar-refractivity contribution is -0.161. The molecule has 328 valence electrons. The number of nitrogens with two attached hydrogens (primary N) is 1. The monoisotopic (exact) mass is 829 g/mol. The van der Waals surface area contributed by atoms with Crippen LogP contribution in [0.3, 0.4) is 0 Å². The number of ether oxygens (including phenoxy) is 2. The number of carboxylic acids is 1. The predicted molar refractivity (Wildman–Crippen MR) is 221 cm³/mol. The van der Waals surface area contributed by atoms with Gasteiger partial charge in [-0.1, -0.05) is 152 Å². The van der Waals surface area contributed by atoms with E-state index in [1.807, 2.05) is 6.92 Å². The fraction of sp³-hybridized carbons (Fsp3) is 0.690. The maximum absolute atomic E-state index is 12.6. The number of esters is 2. The molecule has 0 rings (SSSR count). The van der Waals surface area contributed by atoms with E-state index in [9.17, 15) is 39.2 Å². The van der Waals surface area contributed by atoms with Crippen molar-refractivity contribution in [2.45, 2.75) is 166 Å². The van der Waals surface area contributed by atoms with Crippen LogP contribution in [0.2, 0.25) is 0 Å². The minimum absolute atomic E-state index is 0.116. The molecule has 14 nitrogen and oxygen atoms in total. The number of aliphatic hydroxyl groups is 3. The van der Waals surface area contributed by atoms with Crippen LogP contribution in [-0.4, -0.2) is 93.5 Å². The molecule has 0 heterocycles. The van der Waals surface area contributed by atoms with Crippen LogP contribution in [0.25, 0.3) is 0 Å². The van der Waals surface area contributed by atoms with Crippen LogP contribution in [0.4, 0.5) is 0 Å². The minimum atomic E-state index is -4.79. The Labute approximate surface area is 340 Å². The molecule has 0 aromatic heterocycles. The maximum Gasteiger partial charge on any atom is 0.472 e. The molecule has 0 aliphatic rings. The van der Waals surface area contributed by atoms with E-state index >= 15 is 0 Å². The third-order valence-electron chi connectivity index (χ3n) is 8.63. The summed E-state index contributed by atoms with van der Waals surface area (Å²) < 4.78 is 32.4. The van der Waals surface area contributed by atoms with Crippen molar-refractivity contribution in [2.24, 2.45) is 5.73 Å². The Kier molecular flexibility index (Phi) is 34.3. The topological polar surface area (TPSA) is 232 Å². The van der Waals surface area contributed by atoms with Gasteiger partial charge in [-0.05, 0) is 32.1 Å². The molecule has 0 aromatic carbocycles. The van der Waals surface area contributed by atoms with Crippen molar-refractivity contribution in [2.75, 3.05) is 19.8 Å². The molecule has 0 radical (unpaired) electrons. The number of rotatable bonds is 37. The number of carboxylic acid groups (broad SMARTS) is 1. The highest BCUT2D eigenvalue weighted by molar-refractivity contribution is 7.47. The van der Waals surface area contributed by atoms with Gasteiger partial charge in [0.15, 0.2) is 6.10 Å². The molecule has 0 saturated heterocycles. The summed E-state index contributed by atoms with van der Waals surface area (Å²) in [7, 11) is -4.79. The molecule has 6 atom stereocenters. The number of carbonyl (C=O) groups is 3. The lowest BCUT2D eigenvalue weighted by atomic mass is 10.0. The quantitative estimate of drug-likeness (QED) is 0.0156. The molecule has 0 fully saturated rings. The Bertz CT molecular complexity index is 1250. The third kappa shape index (κ3) is 35.9. The number of hydrogen-bond acceptors (Lipinski definition) is 12. The van der Waals surface area contributed by atoms with Crippen molar-refractivity contribution in [3.8, 4) is 0 Å². The number of phosphoric ester groups is 1. The summed E-state index contributed by atoms with van der Waals surface area (Å²) in [6.45, 7) is 2.16. The first-order valence-corrected chi connectivity index (χ1v) is 22.1. The van der Waals surface area contributed by atoms with E-state index in [0.29, 0.717) is 19.3 Å². The van der Waals surface area contributed by atoms with Gasteiger partial charge in [-0.15, -0.1) is 0 Å². The summed E-state index contributed by atoms with van der Waals surface area (Å²) >= 11 is 0. The van der Waals surface area contributed by atoms with E-state index in [1.165, 1.54) is 63.9 Å². The number of aliphatic hydroxyl groups excluding tert-OH is 3. The molecule has 0 amide bonds. The second-order valence-corrected chi connectivity index (χ2v) is 15.5. The van der Waals surface area contributed by atoms with Crippen LogP contribution in [0.1, 0.15) is 136 Å². The first-order valence-electron chi connectivity index (χ1n) is 20.6. The molecule has 0 aromatic rings. The number of aliphatic carboxylic acids is 1. The zero-order valence-electron chi connectivity index (χ0n) is 34.2. The summed E-state index contributed by atoms with van der Waals surface area (Å²) in [6.07, 6.45) is 30.2. The maximum atomic E-state index is 12.6.